The molecule has 2 N–H and O–H groups in total. The van der Waals surface area contributed by atoms with Gasteiger partial charge in [-0.3, -0.25) is 9.59 Å². The first-order chi connectivity index (χ1) is 11.1. The molecule has 23 heavy (non-hydrogen) atoms. The van der Waals surface area contributed by atoms with E-state index in [9.17, 15) is 14.7 Å². The number of likely N-dealkylation sites (tertiary alicyclic amines) is 1. The number of amides is 2. The van der Waals surface area contributed by atoms with Crippen LogP contribution in [0.15, 0.2) is 0 Å². The van der Waals surface area contributed by atoms with Crippen molar-refractivity contribution in [1.82, 2.24) is 10.2 Å². The van der Waals surface area contributed by atoms with Crippen molar-refractivity contribution in [2.45, 2.75) is 82.3 Å². The second-order valence-electron chi connectivity index (χ2n) is 7.78. The van der Waals surface area contributed by atoms with Crippen molar-refractivity contribution in [3.05, 3.63) is 0 Å². The Morgan fingerprint density at radius 2 is 1.74 bits per heavy atom. The summed E-state index contributed by atoms with van der Waals surface area (Å²) in [5.74, 6) is 0.430. The lowest BCUT2D eigenvalue weighted by Crippen LogP contribution is -2.42. The standard InChI is InChI=1S/C18H30N2O3/c21-16(12-18(23)9-4-5-10-18)19-15-8-11-20(13-15)17(22)14-6-2-1-3-7-14/h14-15,23H,1-13H2,(H,19,21). The van der Waals surface area contributed by atoms with E-state index in [1.165, 1.54) is 19.3 Å². The number of hydrogen-bond acceptors (Lipinski definition) is 3. The maximum absolute atomic E-state index is 12.5. The smallest absolute Gasteiger partial charge is 0.225 e. The Labute approximate surface area is 138 Å². The molecule has 0 aromatic heterocycles. The lowest BCUT2D eigenvalue weighted by molar-refractivity contribution is -0.136. The molecule has 1 aliphatic heterocycles. The van der Waals surface area contributed by atoms with Crippen LogP contribution in [0.3, 0.4) is 0 Å². The van der Waals surface area contributed by atoms with Crippen molar-refractivity contribution < 1.29 is 14.7 Å². The minimum Gasteiger partial charge on any atom is -0.389 e. The molecule has 2 amide bonds. The van der Waals surface area contributed by atoms with E-state index in [-0.39, 0.29) is 30.2 Å². The number of carbonyl (C=O) groups is 2. The van der Waals surface area contributed by atoms with Gasteiger partial charge >= 0.3 is 0 Å². The molecule has 2 aliphatic carbocycles. The molecule has 0 radical (unpaired) electrons. The summed E-state index contributed by atoms with van der Waals surface area (Å²) in [6.07, 6.45) is 10.2. The average molecular weight is 322 g/mol. The van der Waals surface area contributed by atoms with Gasteiger partial charge in [0.1, 0.15) is 0 Å². The molecule has 1 unspecified atom stereocenters. The number of nitrogens with zero attached hydrogens (tertiary/aromatic N) is 1. The Hall–Kier alpha value is -1.10. The first-order valence-electron chi connectivity index (χ1n) is 9.36. The van der Waals surface area contributed by atoms with Crippen LogP contribution < -0.4 is 5.32 Å². The Morgan fingerprint density at radius 3 is 2.43 bits per heavy atom. The molecule has 1 saturated heterocycles. The van der Waals surface area contributed by atoms with Crippen LogP contribution in [0.2, 0.25) is 0 Å². The average Bonchev–Trinajstić information content (AvgIpc) is 3.16. The van der Waals surface area contributed by atoms with E-state index in [0.29, 0.717) is 6.54 Å². The summed E-state index contributed by atoms with van der Waals surface area (Å²) in [7, 11) is 0. The van der Waals surface area contributed by atoms with Gasteiger partial charge in [0.2, 0.25) is 11.8 Å². The van der Waals surface area contributed by atoms with Gasteiger partial charge in [0, 0.05) is 25.0 Å². The van der Waals surface area contributed by atoms with Gasteiger partial charge in [0.05, 0.1) is 12.0 Å². The van der Waals surface area contributed by atoms with E-state index < -0.39 is 5.60 Å². The normalized spacial score (nSPS) is 28.0. The molecule has 5 heteroatoms. The largest absolute Gasteiger partial charge is 0.389 e. The monoisotopic (exact) mass is 322 g/mol. The van der Waals surface area contributed by atoms with E-state index in [1.54, 1.807) is 0 Å². The second kappa shape index (κ2) is 7.20. The van der Waals surface area contributed by atoms with Crippen LogP contribution in [0.1, 0.15) is 70.6 Å². The fourth-order valence-electron chi connectivity index (χ4n) is 4.47. The number of aliphatic hydroxyl groups is 1. The maximum atomic E-state index is 12.5. The molecule has 0 aromatic carbocycles. The molecule has 1 heterocycles. The number of nitrogens with one attached hydrogen (secondary N) is 1. The van der Waals surface area contributed by atoms with Crippen molar-refractivity contribution in [3.63, 3.8) is 0 Å². The van der Waals surface area contributed by atoms with Crippen LogP contribution in [0.25, 0.3) is 0 Å². The Balaban J connectivity index is 1.44. The molecule has 3 fully saturated rings. The first kappa shape index (κ1) is 16.7. The van der Waals surface area contributed by atoms with Crippen LogP contribution >= 0.6 is 0 Å². The molecule has 130 valence electrons. The fraction of sp³-hybridized carbons (Fsp3) is 0.889. The minimum atomic E-state index is -0.791. The second-order valence-corrected chi connectivity index (χ2v) is 7.78. The molecule has 3 aliphatic rings. The van der Waals surface area contributed by atoms with E-state index >= 15 is 0 Å². The number of rotatable bonds is 4. The highest BCUT2D eigenvalue weighted by molar-refractivity contribution is 5.80. The molecule has 0 spiro atoms. The van der Waals surface area contributed by atoms with Gasteiger partial charge < -0.3 is 15.3 Å². The third-order valence-corrected chi connectivity index (χ3v) is 5.84. The molecule has 0 aromatic rings. The van der Waals surface area contributed by atoms with Crippen LogP contribution in [-0.4, -0.2) is 46.6 Å². The third-order valence-electron chi connectivity index (χ3n) is 5.84. The van der Waals surface area contributed by atoms with Crippen molar-refractivity contribution in [3.8, 4) is 0 Å². The highest BCUT2D eigenvalue weighted by Gasteiger charge is 2.36. The maximum Gasteiger partial charge on any atom is 0.225 e. The molecule has 1 atom stereocenters. The minimum absolute atomic E-state index is 0.0556. The Kier molecular flexibility index (Phi) is 5.24. The summed E-state index contributed by atoms with van der Waals surface area (Å²) in [5.41, 5.74) is -0.791. The van der Waals surface area contributed by atoms with Gasteiger partial charge in [-0.1, -0.05) is 32.1 Å². The molecule has 0 bridgehead atoms. The summed E-state index contributed by atoms with van der Waals surface area (Å²) in [6, 6.07) is 0.0556. The Bertz CT molecular complexity index is 440. The topological polar surface area (TPSA) is 69.6 Å². The zero-order chi connectivity index (χ0) is 16.3. The number of hydrogen-bond donors (Lipinski definition) is 2. The van der Waals surface area contributed by atoms with Crippen molar-refractivity contribution in [1.29, 1.82) is 0 Å². The van der Waals surface area contributed by atoms with Crippen LogP contribution in [0, 0.1) is 5.92 Å². The van der Waals surface area contributed by atoms with Gasteiger partial charge in [-0.05, 0) is 32.1 Å². The van der Waals surface area contributed by atoms with Gasteiger partial charge in [-0.15, -0.1) is 0 Å². The van der Waals surface area contributed by atoms with Crippen LogP contribution in [0.4, 0.5) is 0 Å². The third kappa shape index (κ3) is 4.25. The van der Waals surface area contributed by atoms with Gasteiger partial charge in [-0.2, -0.15) is 0 Å². The number of carbonyl (C=O) groups excluding carboxylic acids is 2. The summed E-state index contributed by atoms with van der Waals surface area (Å²) < 4.78 is 0. The SMILES string of the molecule is O=C(CC1(O)CCCC1)NC1CCN(C(=O)C2CCCCC2)C1. The quantitative estimate of drug-likeness (QED) is 0.831. The lowest BCUT2D eigenvalue weighted by Gasteiger charge is -2.26. The molecular weight excluding hydrogens is 292 g/mol. The van der Waals surface area contributed by atoms with Gasteiger partial charge in [0.25, 0.3) is 0 Å². The molecule has 3 rings (SSSR count). The molecule has 5 nitrogen and oxygen atoms in total. The Morgan fingerprint density at radius 1 is 1.04 bits per heavy atom. The van der Waals surface area contributed by atoms with E-state index in [1.807, 2.05) is 4.90 Å². The van der Waals surface area contributed by atoms with Crippen molar-refractivity contribution in [2.24, 2.45) is 5.92 Å². The summed E-state index contributed by atoms with van der Waals surface area (Å²) in [6.45, 7) is 1.39. The molecule has 2 saturated carbocycles. The zero-order valence-corrected chi connectivity index (χ0v) is 14.1. The summed E-state index contributed by atoms with van der Waals surface area (Å²) in [4.78, 5) is 26.6. The predicted octanol–water partition coefficient (Wildman–Crippen LogP) is 1.98. The molecular formula is C18H30N2O3. The highest BCUT2D eigenvalue weighted by Crippen LogP contribution is 2.32. The van der Waals surface area contributed by atoms with E-state index in [4.69, 9.17) is 0 Å². The first-order valence-corrected chi connectivity index (χ1v) is 9.36. The summed E-state index contributed by atoms with van der Waals surface area (Å²) >= 11 is 0. The van der Waals surface area contributed by atoms with E-state index in [2.05, 4.69) is 5.32 Å². The van der Waals surface area contributed by atoms with Gasteiger partial charge in [-0.25, -0.2) is 0 Å². The van der Waals surface area contributed by atoms with Crippen molar-refractivity contribution >= 4 is 11.8 Å². The predicted molar refractivity (Wildman–Crippen MR) is 87.7 cm³/mol. The van der Waals surface area contributed by atoms with Gasteiger partial charge in [0.15, 0.2) is 0 Å². The fourth-order valence-corrected chi connectivity index (χ4v) is 4.47. The zero-order valence-electron chi connectivity index (χ0n) is 14.1. The lowest BCUT2D eigenvalue weighted by atomic mass is 9.88. The highest BCUT2D eigenvalue weighted by atomic mass is 16.3. The van der Waals surface area contributed by atoms with Crippen LogP contribution in [0.5, 0.6) is 0 Å². The summed E-state index contributed by atoms with van der Waals surface area (Å²) in [5, 5.41) is 13.3. The van der Waals surface area contributed by atoms with Crippen molar-refractivity contribution in [2.75, 3.05) is 13.1 Å². The van der Waals surface area contributed by atoms with E-state index in [0.717, 1.165) is 51.5 Å². The van der Waals surface area contributed by atoms with Crippen LogP contribution in [-0.2, 0) is 9.59 Å².